The first kappa shape index (κ1) is 13.3. The molecular weight excluding hydrogens is 264 g/mol. The molecule has 0 saturated heterocycles. The van der Waals surface area contributed by atoms with Crippen LogP contribution in [0.15, 0.2) is 52.9 Å². The first-order valence-electron chi connectivity index (χ1n) is 6.68. The van der Waals surface area contributed by atoms with Crippen molar-refractivity contribution in [2.75, 3.05) is 14.2 Å². The lowest BCUT2D eigenvalue weighted by Crippen LogP contribution is -1.81. The minimum absolute atomic E-state index is 0.794. The second kappa shape index (κ2) is 5.75. The Kier molecular flexibility index (Phi) is 3.65. The van der Waals surface area contributed by atoms with Gasteiger partial charge in [0.2, 0.25) is 0 Å². The van der Waals surface area contributed by atoms with E-state index in [0.29, 0.717) is 0 Å². The number of ether oxygens (including phenoxy) is 2. The van der Waals surface area contributed by atoms with E-state index in [1.165, 1.54) is 0 Å². The summed E-state index contributed by atoms with van der Waals surface area (Å²) in [6.45, 7) is 0. The van der Waals surface area contributed by atoms with Crippen molar-refractivity contribution >= 4 is 23.1 Å². The summed E-state index contributed by atoms with van der Waals surface area (Å²) in [5.74, 6) is 2.46. The zero-order valence-electron chi connectivity index (χ0n) is 12.0. The number of fused-ring (bicyclic) bond motifs is 1. The molecule has 0 saturated carbocycles. The second-order valence-electron chi connectivity index (χ2n) is 4.66. The predicted octanol–water partition coefficient (Wildman–Crippen LogP) is 4.62. The van der Waals surface area contributed by atoms with Gasteiger partial charge in [-0.25, -0.2) is 0 Å². The van der Waals surface area contributed by atoms with Crippen LogP contribution in [0.2, 0.25) is 0 Å². The molecule has 3 rings (SSSR count). The highest BCUT2D eigenvalue weighted by Crippen LogP contribution is 2.25. The van der Waals surface area contributed by atoms with Gasteiger partial charge in [-0.05, 0) is 42.0 Å². The Morgan fingerprint density at radius 2 is 1.52 bits per heavy atom. The minimum Gasteiger partial charge on any atom is -0.497 e. The van der Waals surface area contributed by atoms with Crippen LogP contribution in [0.25, 0.3) is 23.1 Å². The summed E-state index contributed by atoms with van der Waals surface area (Å²) in [6, 6.07) is 15.7. The van der Waals surface area contributed by atoms with Crippen LogP contribution in [0.4, 0.5) is 0 Å². The molecule has 3 heteroatoms. The van der Waals surface area contributed by atoms with E-state index in [2.05, 4.69) is 0 Å². The number of hydrogen-bond donors (Lipinski definition) is 0. The highest BCUT2D eigenvalue weighted by Gasteiger charge is 2.02. The van der Waals surface area contributed by atoms with E-state index in [4.69, 9.17) is 13.9 Å². The molecule has 0 aliphatic carbocycles. The predicted molar refractivity (Wildman–Crippen MR) is 84.7 cm³/mol. The van der Waals surface area contributed by atoms with Crippen molar-refractivity contribution in [1.29, 1.82) is 0 Å². The molecule has 2 aromatic carbocycles. The molecular formula is C18H16O3. The molecule has 0 spiro atoms. The number of rotatable bonds is 4. The van der Waals surface area contributed by atoms with Gasteiger partial charge >= 0.3 is 0 Å². The Labute approximate surface area is 123 Å². The van der Waals surface area contributed by atoms with Crippen molar-refractivity contribution in [3.63, 3.8) is 0 Å². The number of hydrogen-bond acceptors (Lipinski definition) is 3. The van der Waals surface area contributed by atoms with Crippen LogP contribution in [0.3, 0.4) is 0 Å². The summed E-state index contributed by atoms with van der Waals surface area (Å²) in [4.78, 5) is 0. The molecule has 0 atom stereocenters. The van der Waals surface area contributed by atoms with Gasteiger partial charge in [0, 0.05) is 11.5 Å². The molecule has 0 unspecified atom stereocenters. The molecule has 3 aromatic rings. The van der Waals surface area contributed by atoms with Crippen LogP contribution in [-0.2, 0) is 0 Å². The van der Waals surface area contributed by atoms with E-state index < -0.39 is 0 Å². The van der Waals surface area contributed by atoms with Crippen LogP contribution < -0.4 is 9.47 Å². The summed E-state index contributed by atoms with van der Waals surface area (Å²) >= 11 is 0. The van der Waals surface area contributed by atoms with Gasteiger partial charge in [-0.3, -0.25) is 0 Å². The topological polar surface area (TPSA) is 31.6 Å². The largest absolute Gasteiger partial charge is 0.497 e. The van der Waals surface area contributed by atoms with Crippen LogP contribution >= 0.6 is 0 Å². The highest BCUT2D eigenvalue weighted by atomic mass is 16.5. The molecule has 21 heavy (non-hydrogen) atoms. The zero-order valence-corrected chi connectivity index (χ0v) is 12.0. The van der Waals surface area contributed by atoms with Gasteiger partial charge in [-0.15, -0.1) is 0 Å². The summed E-state index contributed by atoms with van der Waals surface area (Å²) < 4.78 is 16.1. The van der Waals surface area contributed by atoms with E-state index in [1.807, 2.05) is 60.7 Å². The first-order valence-corrected chi connectivity index (χ1v) is 6.68. The fourth-order valence-corrected chi connectivity index (χ4v) is 2.13. The van der Waals surface area contributed by atoms with E-state index in [9.17, 15) is 0 Å². The third-order valence-corrected chi connectivity index (χ3v) is 3.30. The third kappa shape index (κ3) is 2.92. The molecule has 0 aliphatic heterocycles. The monoisotopic (exact) mass is 280 g/mol. The first-order chi connectivity index (χ1) is 10.3. The Morgan fingerprint density at radius 1 is 0.810 bits per heavy atom. The molecule has 1 aromatic heterocycles. The van der Waals surface area contributed by atoms with Gasteiger partial charge in [0.25, 0.3) is 0 Å². The lowest BCUT2D eigenvalue weighted by atomic mass is 10.2. The molecule has 0 fully saturated rings. The van der Waals surface area contributed by atoms with Crippen LogP contribution in [0, 0.1) is 0 Å². The molecule has 0 bridgehead atoms. The smallest absolute Gasteiger partial charge is 0.138 e. The maximum atomic E-state index is 5.79. The van der Waals surface area contributed by atoms with E-state index in [-0.39, 0.29) is 0 Å². The van der Waals surface area contributed by atoms with E-state index in [0.717, 1.165) is 33.8 Å². The lowest BCUT2D eigenvalue weighted by molar-refractivity contribution is 0.414. The van der Waals surface area contributed by atoms with Gasteiger partial charge in [0.05, 0.1) is 14.2 Å². The van der Waals surface area contributed by atoms with Gasteiger partial charge in [0.1, 0.15) is 22.8 Å². The summed E-state index contributed by atoms with van der Waals surface area (Å²) in [6.07, 6.45) is 3.96. The Morgan fingerprint density at radius 3 is 2.24 bits per heavy atom. The fourth-order valence-electron chi connectivity index (χ4n) is 2.13. The van der Waals surface area contributed by atoms with Crippen molar-refractivity contribution in [1.82, 2.24) is 0 Å². The lowest BCUT2D eigenvalue weighted by Gasteiger charge is -1.98. The van der Waals surface area contributed by atoms with Gasteiger partial charge < -0.3 is 13.9 Å². The van der Waals surface area contributed by atoms with E-state index in [1.54, 1.807) is 14.2 Å². The van der Waals surface area contributed by atoms with Crippen LogP contribution in [0.1, 0.15) is 11.3 Å². The number of benzene rings is 2. The molecule has 3 nitrogen and oxygen atoms in total. The minimum atomic E-state index is 0.794. The van der Waals surface area contributed by atoms with Gasteiger partial charge in [-0.1, -0.05) is 18.2 Å². The summed E-state index contributed by atoms with van der Waals surface area (Å²) in [7, 11) is 3.31. The number of furan rings is 1. The standard InChI is InChI=1S/C18H16O3/c1-19-15-7-3-13(4-8-15)5-9-17-11-14-6-10-16(20-2)12-18(14)21-17/h3-12H,1-2H3. The molecule has 0 aliphatic rings. The fraction of sp³-hybridized carbons (Fsp3) is 0.111. The average molecular weight is 280 g/mol. The average Bonchev–Trinajstić information content (AvgIpc) is 2.95. The van der Waals surface area contributed by atoms with Crippen molar-refractivity contribution in [2.24, 2.45) is 0 Å². The summed E-state index contributed by atoms with van der Waals surface area (Å²) in [5.41, 5.74) is 1.91. The molecule has 106 valence electrons. The third-order valence-electron chi connectivity index (χ3n) is 3.30. The van der Waals surface area contributed by atoms with Crippen LogP contribution in [-0.4, -0.2) is 14.2 Å². The Balaban J connectivity index is 1.84. The molecule has 0 N–H and O–H groups in total. The zero-order chi connectivity index (χ0) is 14.7. The Bertz CT molecular complexity index is 767. The summed E-state index contributed by atoms with van der Waals surface area (Å²) in [5, 5.41) is 1.06. The van der Waals surface area contributed by atoms with Gasteiger partial charge in [-0.2, -0.15) is 0 Å². The van der Waals surface area contributed by atoms with Crippen molar-refractivity contribution < 1.29 is 13.9 Å². The normalized spacial score (nSPS) is 11.1. The van der Waals surface area contributed by atoms with E-state index >= 15 is 0 Å². The van der Waals surface area contributed by atoms with Crippen molar-refractivity contribution in [3.8, 4) is 11.5 Å². The van der Waals surface area contributed by atoms with Crippen LogP contribution in [0.5, 0.6) is 11.5 Å². The Hall–Kier alpha value is -2.68. The second-order valence-corrected chi connectivity index (χ2v) is 4.66. The SMILES string of the molecule is COc1ccc(C=Cc2cc3ccc(OC)cc3o2)cc1. The quantitative estimate of drug-likeness (QED) is 0.698. The van der Waals surface area contributed by atoms with Crippen molar-refractivity contribution in [2.45, 2.75) is 0 Å². The molecule has 0 radical (unpaired) electrons. The maximum absolute atomic E-state index is 5.79. The molecule has 1 heterocycles. The number of methoxy groups -OCH3 is 2. The highest BCUT2D eigenvalue weighted by molar-refractivity contribution is 5.82. The van der Waals surface area contributed by atoms with Gasteiger partial charge in [0.15, 0.2) is 0 Å². The molecule has 0 amide bonds. The maximum Gasteiger partial charge on any atom is 0.138 e. The van der Waals surface area contributed by atoms with Crippen molar-refractivity contribution in [3.05, 3.63) is 59.9 Å².